The molecule has 0 saturated heterocycles. The topological polar surface area (TPSA) is 237 Å². The van der Waals surface area contributed by atoms with Gasteiger partial charge in [-0.05, 0) is 43.4 Å². The number of phosphoric ester groups is 2. The second-order valence-corrected chi connectivity index (χ2v) is 25.8. The molecule has 3 N–H and O–H groups in total. The van der Waals surface area contributed by atoms with Gasteiger partial charge in [0.15, 0.2) is 12.2 Å². The van der Waals surface area contributed by atoms with Crippen LogP contribution >= 0.6 is 15.6 Å². The summed E-state index contributed by atoms with van der Waals surface area (Å²) in [7, 11) is -9.88. The molecule has 6 atom stereocenters. The first-order valence-electron chi connectivity index (χ1n) is 31.4. The number of unbranched alkanes of at least 4 members (excludes halogenated alkanes) is 25. The summed E-state index contributed by atoms with van der Waals surface area (Å²) in [4.78, 5) is 71.9. The molecule has 0 spiro atoms. The van der Waals surface area contributed by atoms with E-state index in [0.717, 1.165) is 102 Å². The lowest BCUT2D eigenvalue weighted by Crippen LogP contribution is -2.30. The molecule has 3 unspecified atom stereocenters. The van der Waals surface area contributed by atoms with E-state index in [-0.39, 0.29) is 25.7 Å². The normalized spacial score (nSPS) is 14.8. The van der Waals surface area contributed by atoms with Crippen LogP contribution in [0.4, 0.5) is 0 Å². The van der Waals surface area contributed by atoms with Gasteiger partial charge >= 0.3 is 39.5 Å². The van der Waals surface area contributed by atoms with E-state index >= 15 is 0 Å². The number of esters is 4. The largest absolute Gasteiger partial charge is 0.472 e. The zero-order valence-electron chi connectivity index (χ0n) is 50.8. The van der Waals surface area contributed by atoms with Gasteiger partial charge in [-0.2, -0.15) is 0 Å². The minimum Gasteiger partial charge on any atom is -0.462 e. The maximum absolute atomic E-state index is 12.9. The summed E-state index contributed by atoms with van der Waals surface area (Å²) < 4.78 is 67.7. The van der Waals surface area contributed by atoms with Gasteiger partial charge in [0.2, 0.25) is 0 Å². The van der Waals surface area contributed by atoms with Gasteiger partial charge in [0.25, 0.3) is 0 Å². The number of hydrogen-bond donors (Lipinski definition) is 3. The number of aliphatic hydroxyl groups is 1. The summed E-state index contributed by atoms with van der Waals surface area (Å²) in [5.41, 5.74) is 0. The highest BCUT2D eigenvalue weighted by Gasteiger charge is 2.30. The van der Waals surface area contributed by atoms with Gasteiger partial charge in [0, 0.05) is 25.7 Å². The minimum atomic E-state index is -4.94. The van der Waals surface area contributed by atoms with Crippen molar-refractivity contribution in [2.45, 2.75) is 304 Å². The summed E-state index contributed by atoms with van der Waals surface area (Å²) in [6, 6.07) is 0. The molecule has 468 valence electrons. The van der Waals surface area contributed by atoms with Crippen LogP contribution < -0.4 is 0 Å². The van der Waals surface area contributed by atoms with Crippen molar-refractivity contribution in [3.63, 3.8) is 0 Å². The Kier molecular flexibility index (Phi) is 50.4. The molecule has 0 aliphatic heterocycles. The summed E-state index contributed by atoms with van der Waals surface area (Å²) in [6.45, 7) is 11.6. The zero-order chi connectivity index (χ0) is 58.8. The molecule has 0 radical (unpaired) electrons. The Balaban J connectivity index is 5.24. The van der Waals surface area contributed by atoms with E-state index < -0.39 is 97.5 Å². The van der Waals surface area contributed by atoms with Crippen LogP contribution in [0.2, 0.25) is 0 Å². The van der Waals surface area contributed by atoms with E-state index in [4.69, 9.17) is 37.0 Å². The molecule has 0 rings (SSSR count). The summed E-state index contributed by atoms with van der Waals surface area (Å²) in [6.07, 6.45) is 31.0. The fraction of sp³-hybridized carbons (Fsp3) is 0.933. The van der Waals surface area contributed by atoms with Gasteiger partial charge in [0.1, 0.15) is 19.3 Å². The van der Waals surface area contributed by atoms with Gasteiger partial charge in [-0.25, -0.2) is 9.13 Å². The molecule has 0 amide bonds. The van der Waals surface area contributed by atoms with Gasteiger partial charge < -0.3 is 33.8 Å². The zero-order valence-corrected chi connectivity index (χ0v) is 52.6. The van der Waals surface area contributed by atoms with Crippen molar-refractivity contribution >= 4 is 39.5 Å². The molecule has 0 aliphatic rings. The molecule has 0 fully saturated rings. The highest BCUT2D eigenvalue weighted by Crippen LogP contribution is 2.45. The highest BCUT2D eigenvalue weighted by molar-refractivity contribution is 7.47. The Morgan fingerprint density at radius 1 is 0.367 bits per heavy atom. The molecule has 79 heavy (non-hydrogen) atoms. The summed E-state index contributed by atoms with van der Waals surface area (Å²) >= 11 is 0. The average molecular weight is 1170 g/mol. The monoisotopic (exact) mass is 1170 g/mol. The van der Waals surface area contributed by atoms with Gasteiger partial charge in [0.05, 0.1) is 26.4 Å². The van der Waals surface area contributed by atoms with Gasteiger partial charge in [-0.15, -0.1) is 0 Å². The third-order valence-electron chi connectivity index (χ3n) is 14.0. The second-order valence-electron chi connectivity index (χ2n) is 22.9. The first kappa shape index (κ1) is 77.1. The number of ether oxygens (including phenoxy) is 4. The molecule has 0 aromatic heterocycles. The molecule has 0 bridgehead atoms. The average Bonchev–Trinajstić information content (AvgIpc) is 3.40. The van der Waals surface area contributed by atoms with Crippen molar-refractivity contribution in [3.05, 3.63) is 0 Å². The van der Waals surface area contributed by atoms with E-state index in [1.807, 2.05) is 0 Å². The van der Waals surface area contributed by atoms with Crippen molar-refractivity contribution in [2.75, 3.05) is 39.6 Å². The Morgan fingerprint density at radius 3 is 0.962 bits per heavy atom. The van der Waals surface area contributed by atoms with E-state index in [1.165, 1.54) is 89.9 Å². The van der Waals surface area contributed by atoms with Crippen LogP contribution in [0.25, 0.3) is 0 Å². The molecule has 0 aromatic carbocycles. The lowest BCUT2D eigenvalue weighted by molar-refractivity contribution is -0.161. The second kappa shape index (κ2) is 51.7. The molecule has 0 saturated carbocycles. The fourth-order valence-electron chi connectivity index (χ4n) is 8.74. The Labute approximate surface area is 479 Å². The van der Waals surface area contributed by atoms with Crippen LogP contribution in [0.15, 0.2) is 0 Å². The van der Waals surface area contributed by atoms with Crippen LogP contribution in [-0.4, -0.2) is 96.7 Å². The Morgan fingerprint density at radius 2 is 0.646 bits per heavy atom. The molecule has 0 heterocycles. The van der Waals surface area contributed by atoms with E-state index in [9.17, 15) is 43.2 Å². The number of phosphoric acid groups is 2. The smallest absolute Gasteiger partial charge is 0.462 e. The predicted molar refractivity (Wildman–Crippen MR) is 312 cm³/mol. The van der Waals surface area contributed by atoms with Crippen LogP contribution in [0, 0.1) is 17.8 Å². The fourth-order valence-corrected chi connectivity index (χ4v) is 10.3. The number of aliphatic hydroxyl groups excluding tert-OH is 1. The molecule has 0 aromatic rings. The predicted octanol–water partition coefficient (Wildman–Crippen LogP) is 15.9. The molecule has 0 aliphatic carbocycles. The SMILES string of the molecule is CCCCCCCCCCCC(=O)OC[C@H](COP(=O)(O)OC[C@H](O)COP(=O)(O)OC[C@@H](COC(=O)CCCCCCCCC(C)C)OC(=O)CCCCCCCCCCC(C)CC)OC(=O)CCCCCCCCC(C)C. The van der Waals surface area contributed by atoms with Crippen molar-refractivity contribution in [3.8, 4) is 0 Å². The summed E-state index contributed by atoms with van der Waals surface area (Å²) in [5, 5.41) is 10.5. The van der Waals surface area contributed by atoms with Crippen molar-refractivity contribution < 1.29 is 80.2 Å². The Bertz CT molecular complexity index is 1580. The van der Waals surface area contributed by atoms with Crippen LogP contribution in [-0.2, 0) is 65.4 Å². The van der Waals surface area contributed by atoms with Gasteiger partial charge in [-0.1, -0.05) is 235 Å². The van der Waals surface area contributed by atoms with Crippen molar-refractivity contribution in [1.82, 2.24) is 0 Å². The van der Waals surface area contributed by atoms with Crippen molar-refractivity contribution in [2.24, 2.45) is 17.8 Å². The lowest BCUT2D eigenvalue weighted by Gasteiger charge is -2.21. The standard InChI is InChI=1S/C60H116O17P2/c1-8-10-11-12-13-14-18-27-34-41-57(62)70-47-56(77-60(65)44-37-30-23-21-25-32-39-52(5)6)50-75-79(68,69)73-46-54(61)45-72-78(66,67)74-49-55(48-71-58(63)42-35-28-22-20-24-31-38-51(3)4)76-59(64)43-36-29-19-16-15-17-26-33-40-53(7)9-2/h51-56,61H,8-50H2,1-7H3,(H,66,67)(H,68,69)/t53?,54-,55-,56-/m1/s1. The first-order valence-corrected chi connectivity index (χ1v) is 34.4. The number of rotatable bonds is 58. The van der Waals surface area contributed by atoms with Crippen molar-refractivity contribution in [1.29, 1.82) is 0 Å². The minimum absolute atomic E-state index is 0.101. The van der Waals surface area contributed by atoms with E-state index in [1.54, 1.807) is 0 Å². The van der Waals surface area contributed by atoms with Crippen LogP contribution in [0.3, 0.4) is 0 Å². The molecular weight excluding hydrogens is 1050 g/mol. The van der Waals surface area contributed by atoms with Crippen LogP contribution in [0.1, 0.15) is 286 Å². The van der Waals surface area contributed by atoms with E-state index in [0.29, 0.717) is 37.5 Å². The van der Waals surface area contributed by atoms with Gasteiger partial charge in [-0.3, -0.25) is 37.3 Å². The maximum Gasteiger partial charge on any atom is 0.472 e. The Hall–Kier alpha value is -1.94. The lowest BCUT2D eigenvalue weighted by atomic mass is 9.99. The number of carbonyl (C=O) groups is 4. The summed E-state index contributed by atoms with van der Waals surface area (Å²) in [5.74, 6) is -0.0309. The van der Waals surface area contributed by atoms with Crippen LogP contribution in [0.5, 0.6) is 0 Å². The molecule has 17 nitrogen and oxygen atoms in total. The number of carbonyl (C=O) groups excluding carboxylic acids is 4. The highest BCUT2D eigenvalue weighted by atomic mass is 31.2. The maximum atomic E-state index is 12.9. The quantitative estimate of drug-likeness (QED) is 0.0222. The van der Waals surface area contributed by atoms with E-state index in [2.05, 4.69) is 48.5 Å². The molecular formula is C60H116O17P2. The third-order valence-corrected chi connectivity index (χ3v) is 15.9. The third kappa shape index (κ3) is 53.8. The first-order chi connectivity index (χ1) is 37.8. The molecule has 19 heteroatoms. The number of hydrogen-bond acceptors (Lipinski definition) is 15.